The van der Waals surface area contributed by atoms with E-state index in [2.05, 4.69) is 5.32 Å². The average molecular weight is 340 g/mol. The first-order valence-electron chi connectivity index (χ1n) is 6.46. The molecule has 0 bridgehead atoms. The zero-order chi connectivity index (χ0) is 16.0. The number of nitrogens with one attached hydrogen (secondary N) is 1. The monoisotopic (exact) mass is 339 g/mol. The summed E-state index contributed by atoms with van der Waals surface area (Å²) in [7, 11) is -3.42. The first kappa shape index (κ1) is 16.3. The second-order valence-corrected chi connectivity index (χ2v) is 6.95. The molecule has 0 aliphatic carbocycles. The Morgan fingerprint density at radius 3 is 2.32 bits per heavy atom. The van der Waals surface area contributed by atoms with Gasteiger partial charge in [0, 0.05) is 11.6 Å². The predicted molar refractivity (Wildman–Crippen MR) is 84.0 cm³/mol. The Hall–Kier alpha value is -2.05. The molecule has 0 unspecified atom stereocenters. The van der Waals surface area contributed by atoms with Crippen molar-refractivity contribution in [1.82, 2.24) is 5.32 Å². The van der Waals surface area contributed by atoms with Crippen molar-refractivity contribution in [3.63, 3.8) is 0 Å². The fourth-order valence-electron chi connectivity index (χ4n) is 1.68. The number of carbonyl (C=O) groups excluding carboxylic acids is 1. The molecule has 0 aromatic heterocycles. The Labute approximate surface area is 133 Å². The van der Waals surface area contributed by atoms with Crippen molar-refractivity contribution in [2.75, 3.05) is 12.3 Å². The second kappa shape index (κ2) is 7.29. The SMILES string of the molecule is O=C(NCCS(=O)(=O)c1ccccc1)Oc1ccc(Cl)cc1. The van der Waals surface area contributed by atoms with Gasteiger partial charge in [-0.25, -0.2) is 13.2 Å². The fourth-order valence-corrected chi connectivity index (χ4v) is 2.98. The van der Waals surface area contributed by atoms with Gasteiger partial charge in [0.2, 0.25) is 0 Å². The molecule has 0 aliphatic rings. The molecule has 0 fully saturated rings. The van der Waals surface area contributed by atoms with E-state index in [-0.39, 0.29) is 17.2 Å². The summed E-state index contributed by atoms with van der Waals surface area (Å²) >= 11 is 5.72. The number of carbonyl (C=O) groups is 1. The van der Waals surface area contributed by atoms with Crippen LogP contribution < -0.4 is 10.1 Å². The molecular weight excluding hydrogens is 326 g/mol. The van der Waals surface area contributed by atoms with E-state index >= 15 is 0 Å². The molecule has 7 heteroatoms. The van der Waals surface area contributed by atoms with Crippen LogP contribution in [-0.4, -0.2) is 26.8 Å². The first-order valence-corrected chi connectivity index (χ1v) is 8.49. The zero-order valence-electron chi connectivity index (χ0n) is 11.5. The van der Waals surface area contributed by atoms with Gasteiger partial charge in [0.05, 0.1) is 10.6 Å². The quantitative estimate of drug-likeness (QED) is 0.909. The van der Waals surface area contributed by atoms with Crippen molar-refractivity contribution < 1.29 is 17.9 Å². The molecule has 0 heterocycles. The average Bonchev–Trinajstić information content (AvgIpc) is 2.50. The van der Waals surface area contributed by atoms with Gasteiger partial charge in [-0.2, -0.15) is 0 Å². The minimum Gasteiger partial charge on any atom is -0.410 e. The van der Waals surface area contributed by atoms with Gasteiger partial charge in [0.1, 0.15) is 5.75 Å². The molecule has 0 saturated carbocycles. The summed E-state index contributed by atoms with van der Waals surface area (Å²) in [5.41, 5.74) is 0. The van der Waals surface area contributed by atoms with Crippen molar-refractivity contribution in [3.8, 4) is 5.75 Å². The molecule has 5 nitrogen and oxygen atoms in total. The minimum absolute atomic E-state index is 0.0380. The van der Waals surface area contributed by atoms with E-state index < -0.39 is 15.9 Å². The summed E-state index contributed by atoms with van der Waals surface area (Å²) < 4.78 is 29.0. The van der Waals surface area contributed by atoms with Crippen molar-refractivity contribution in [2.45, 2.75) is 4.90 Å². The number of hydrogen-bond donors (Lipinski definition) is 1. The van der Waals surface area contributed by atoms with E-state index in [0.29, 0.717) is 10.8 Å². The third kappa shape index (κ3) is 4.75. The third-order valence-corrected chi connectivity index (χ3v) is 4.75. The number of ether oxygens (including phenoxy) is 1. The van der Waals surface area contributed by atoms with E-state index in [1.165, 1.54) is 12.1 Å². The van der Waals surface area contributed by atoms with Gasteiger partial charge in [-0.3, -0.25) is 0 Å². The van der Waals surface area contributed by atoms with Crippen LogP contribution in [0.15, 0.2) is 59.5 Å². The summed E-state index contributed by atoms with van der Waals surface area (Å²) in [4.78, 5) is 11.8. The lowest BCUT2D eigenvalue weighted by atomic mass is 10.3. The number of halogens is 1. The highest BCUT2D eigenvalue weighted by Gasteiger charge is 2.14. The molecule has 0 atom stereocenters. The van der Waals surface area contributed by atoms with Gasteiger partial charge in [0.25, 0.3) is 0 Å². The molecule has 22 heavy (non-hydrogen) atoms. The van der Waals surface area contributed by atoms with Crippen LogP contribution in [0.4, 0.5) is 4.79 Å². The van der Waals surface area contributed by atoms with Crippen LogP contribution >= 0.6 is 11.6 Å². The van der Waals surface area contributed by atoms with Crippen LogP contribution in [0.5, 0.6) is 5.75 Å². The van der Waals surface area contributed by atoms with Crippen molar-refractivity contribution in [1.29, 1.82) is 0 Å². The van der Waals surface area contributed by atoms with Crippen LogP contribution in [0.2, 0.25) is 5.02 Å². The van der Waals surface area contributed by atoms with Crippen LogP contribution in [-0.2, 0) is 9.84 Å². The lowest BCUT2D eigenvalue weighted by Crippen LogP contribution is -2.31. The highest BCUT2D eigenvalue weighted by Crippen LogP contribution is 2.15. The van der Waals surface area contributed by atoms with Gasteiger partial charge in [0.15, 0.2) is 9.84 Å². The molecule has 1 N–H and O–H groups in total. The molecule has 116 valence electrons. The number of sulfone groups is 1. The smallest absolute Gasteiger partial charge is 0.410 e. The molecule has 0 saturated heterocycles. The van der Waals surface area contributed by atoms with Crippen molar-refractivity contribution in [2.24, 2.45) is 0 Å². The molecule has 0 radical (unpaired) electrons. The normalized spacial score (nSPS) is 11.0. The number of rotatable bonds is 5. The van der Waals surface area contributed by atoms with Gasteiger partial charge >= 0.3 is 6.09 Å². The highest BCUT2D eigenvalue weighted by molar-refractivity contribution is 7.91. The maximum Gasteiger partial charge on any atom is 0.412 e. The molecular formula is C15H14ClNO4S. The lowest BCUT2D eigenvalue weighted by Gasteiger charge is -2.07. The van der Waals surface area contributed by atoms with E-state index in [1.807, 2.05) is 0 Å². The van der Waals surface area contributed by atoms with Crippen LogP contribution in [0.25, 0.3) is 0 Å². The molecule has 0 spiro atoms. The first-order chi connectivity index (χ1) is 10.5. The Balaban J connectivity index is 1.83. The van der Waals surface area contributed by atoms with Crippen LogP contribution in [0.1, 0.15) is 0 Å². The minimum atomic E-state index is -3.42. The number of hydrogen-bond acceptors (Lipinski definition) is 4. The summed E-state index contributed by atoms with van der Waals surface area (Å²) in [6, 6.07) is 14.3. The Kier molecular flexibility index (Phi) is 5.41. The maximum atomic E-state index is 12.0. The topological polar surface area (TPSA) is 72.5 Å². The third-order valence-electron chi connectivity index (χ3n) is 2.77. The highest BCUT2D eigenvalue weighted by atomic mass is 35.5. The van der Waals surface area contributed by atoms with Crippen LogP contribution in [0, 0.1) is 0 Å². The number of benzene rings is 2. The summed E-state index contributed by atoms with van der Waals surface area (Å²) in [6.45, 7) is -0.0380. The molecule has 2 rings (SSSR count). The van der Waals surface area contributed by atoms with Gasteiger partial charge in [-0.15, -0.1) is 0 Å². The van der Waals surface area contributed by atoms with Gasteiger partial charge in [-0.05, 0) is 36.4 Å². The Bertz CT molecular complexity index is 730. The van der Waals surface area contributed by atoms with Gasteiger partial charge < -0.3 is 10.1 Å². The van der Waals surface area contributed by atoms with Crippen molar-refractivity contribution in [3.05, 3.63) is 59.6 Å². The van der Waals surface area contributed by atoms with Crippen molar-refractivity contribution >= 4 is 27.5 Å². The Morgan fingerprint density at radius 2 is 1.68 bits per heavy atom. The van der Waals surface area contributed by atoms with E-state index in [9.17, 15) is 13.2 Å². The van der Waals surface area contributed by atoms with E-state index in [0.717, 1.165) is 0 Å². The maximum absolute atomic E-state index is 12.0. The largest absolute Gasteiger partial charge is 0.412 e. The van der Waals surface area contributed by atoms with Crippen LogP contribution in [0.3, 0.4) is 0 Å². The molecule has 2 aromatic carbocycles. The summed E-state index contributed by atoms with van der Waals surface area (Å²) in [6.07, 6.45) is -0.717. The standard InChI is InChI=1S/C15H14ClNO4S/c16-12-6-8-13(9-7-12)21-15(18)17-10-11-22(19,20)14-4-2-1-3-5-14/h1-9H,10-11H2,(H,17,18). The Morgan fingerprint density at radius 1 is 1.05 bits per heavy atom. The zero-order valence-corrected chi connectivity index (χ0v) is 13.1. The molecule has 0 aliphatic heterocycles. The lowest BCUT2D eigenvalue weighted by molar-refractivity contribution is 0.201. The predicted octanol–water partition coefficient (Wildman–Crippen LogP) is 2.90. The van der Waals surface area contributed by atoms with E-state index in [4.69, 9.17) is 16.3 Å². The van der Waals surface area contributed by atoms with Gasteiger partial charge in [-0.1, -0.05) is 29.8 Å². The molecule has 2 aromatic rings. The van der Waals surface area contributed by atoms with E-state index in [1.54, 1.807) is 42.5 Å². The fraction of sp³-hybridized carbons (Fsp3) is 0.133. The molecule has 1 amide bonds. The summed E-state index contributed by atoms with van der Waals surface area (Å²) in [5, 5.41) is 2.93. The second-order valence-electron chi connectivity index (χ2n) is 4.40. The summed E-state index contributed by atoms with van der Waals surface area (Å²) in [5.74, 6) is 0.125. The number of amides is 1.